The largest absolute Gasteiger partial charge is 0.493 e. The molecule has 2 rings (SSSR count). The molecule has 28 heavy (non-hydrogen) atoms. The average molecular weight is 407 g/mol. The van der Waals surface area contributed by atoms with Gasteiger partial charge in [0.25, 0.3) is 5.91 Å². The minimum Gasteiger partial charge on any atom is -0.493 e. The van der Waals surface area contributed by atoms with E-state index < -0.39 is 10.0 Å². The van der Waals surface area contributed by atoms with Gasteiger partial charge in [0.15, 0.2) is 11.5 Å². The molecule has 152 valence electrons. The molecule has 0 fully saturated rings. The van der Waals surface area contributed by atoms with Gasteiger partial charge in [-0.1, -0.05) is 6.07 Å². The van der Waals surface area contributed by atoms with E-state index in [1.807, 2.05) is 18.2 Å². The lowest BCUT2D eigenvalue weighted by Gasteiger charge is -2.16. The van der Waals surface area contributed by atoms with Crippen molar-refractivity contribution in [2.45, 2.75) is 12.8 Å². The number of nitrogens with one attached hydrogen (secondary N) is 1. The van der Waals surface area contributed by atoms with Gasteiger partial charge in [0.1, 0.15) is 0 Å². The number of hydrogen-bond acceptors (Lipinski definition) is 5. The van der Waals surface area contributed by atoms with Crippen LogP contribution in [0.3, 0.4) is 0 Å². The lowest BCUT2D eigenvalue weighted by molar-refractivity contribution is 0.0953. The summed E-state index contributed by atoms with van der Waals surface area (Å²) in [7, 11) is 1.34. The number of benzene rings is 2. The van der Waals surface area contributed by atoms with Crippen LogP contribution in [0.15, 0.2) is 42.5 Å². The Kier molecular flexibility index (Phi) is 7.28. The molecule has 0 saturated carbocycles. The Morgan fingerprint density at radius 3 is 2.25 bits per heavy atom. The van der Waals surface area contributed by atoms with Crippen molar-refractivity contribution in [3.8, 4) is 11.5 Å². The van der Waals surface area contributed by atoms with E-state index in [9.17, 15) is 13.2 Å². The molecule has 2 aromatic rings. The number of methoxy groups -OCH3 is 2. The van der Waals surface area contributed by atoms with Gasteiger partial charge in [0, 0.05) is 19.2 Å². The van der Waals surface area contributed by atoms with E-state index in [2.05, 4.69) is 5.32 Å². The fourth-order valence-electron chi connectivity index (χ4n) is 2.65. The van der Waals surface area contributed by atoms with Gasteiger partial charge in [-0.05, 0) is 54.8 Å². The van der Waals surface area contributed by atoms with E-state index >= 15 is 0 Å². The van der Waals surface area contributed by atoms with Crippen molar-refractivity contribution < 1.29 is 22.7 Å². The molecule has 0 saturated heterocycles. The summed E-state index contributed by atoms with van der Waals surface area (Å²) in [5, 5.41) is 2.87. The van der Waals surface area contributed by atoms with Crippen LogP contribution >= 0.6 is 0 Å². The maximum absolute atomic E-state index is 12.2. The van der Waals surface area contributed by atoms with E-state index in [0.717, 1.165) is 29.0 Å². The first-order valence-electron chi connectivity index (χ1n) is 8.79. The Morgan fingerprint density at radius 2 is 1.68 bits per heavy atom. The molecule has 2 aromatic carbocycles. The van der Waals surface area contributed by atoms with Gasteiger partial charge < -0.3 is 14.8 Å². The van der Waals surface area contributed by atoms with Crippen molar-refractivity contribution in [1.29, 1.82) is 0 Å². The number of carbonyl (C=O) groups is 1. The SMILES string of the molecule is COc1ccc(CCCNC(=O)c2ccc(N(C)S(C)(=O)=O)cc2)cc1OC. The highest BCUT2D eigenvalue weighted by molar-refractivity contribution is 7.92. The van der Waals surface area contributed by atoms with Crippen molar-refractivity contribution >= 4 is 21.6 Å². The van der Waals surface area contributed by atoms with Crippen LogP contribution < -0.4 is 19.1 Å². The fourth-order valence-corrected chi connectivity index (χ4v) is 3.15. The minimum absolute atomic E-state index is 0.194. The number of anilines is 1. The van der Waals surface area contributed by atoms with Crippen LogP contribution in [0.2, 0.25) is 0 Å². The Labute approximate surface area is 166 Å². The average Bonchev–Trinajstić information content (AvgIpc) is 2.69. The maximum atomic E-state index is 12.2. The summed E-state index contributed by atoms with van der Waals surface area (Å²) in [6.07, 6.45) is 2.70. The molecule has 1 amide bonds. The Morgan fingerprint density at radius 1 is 1.04 bits per heavy atom. The van der Waals surface area contributed by atoms with E-state index in [0.29, 0.717) is 29.3 Å². The molecule has 0 aliphatic carbocycles. The fraction of sp³-hybridized carbons (Fsp3) is 0.350. The van der Waals surface area contributed by atoms with Crippen molar-refractivity contribution in [1.82, 2.24) is 5.32 Å². The summed E-state index contributed by atoms with van der Waals surface area (Å²) in [6, 6.07) is 12.2. The van der Waals surface area contributed by atoms with E-state index in [4.69, 9.17) is 9.47 Å². The van der Waals surface area contributed by atoms with Crippen LogP contribution in [0, 0.1) is 0 Å². The van der Waals surface area contributed by atoms with Gasteiger partial charge in [0.05, 0.1) is 26.2 Å². The number of carbonyl (C=O) groups excluding carboxylic acids is 1. The molecule has 0 aliphatic rings. The third-order valence-electron chi connectivity index (χ3n) is 4.37. The van der Waals surface area contributed by atoms with Gasteiger partial charge in [0.2, 0.25) is 10.0 Å². The summed E-state index contributed by atoms with van der Waals surface area (Å²) in [6.45, 7) is 0.526. The predicted molar refractivity (Wildman–Crippen MR) is 110 cm³/mol. The topological polar surface area (TPSA) is 84.9 Å². The number of nitrogens with zero attached hydrogens (tertiary/aromatic N) is 1. The van der Waals surface area contributed by atoms with Gasteiger partial charge in [-0.15, -0.1) is 0 Å². The summed E-state index contributed by atoms with van der Waals surface area (Å²) in [5.41, 5.74) is 2.09. The van der Waals surface area contributed by atoms with Crippen molar-refractivity contribution in [3.05, 3.63) is 53.6 Å². The monoisotopic (exact) mass is 406 g/mol. The van der Waals surface area contributed by atoms with Crippen molar-refractivity contribution in [2.75, 3.05) is 38.4 Å². The van der Waals surface area contributed by atoms with Gasteiger partial charge in [-0.2, -0.15) is 0 Å². The number of hydrogen-bond donors (Lipinski definition) is 1. The van der Waals surface area contributed by atoms with Crippen LogP contribution in [0.4, 0.5) is 5.69 Å². The van der Waals surface area contributed by atoms with Gasteiger partial charge in [-0.25, -0.2) is 8.42 Å². The van der Waals surface area contributed by atoms with Crippen molar-refractivity contribution in [2.24, 2.45) is 0 Å². The normalized spacial score (nSPS) is 11.0. The number of rotatable bonds is 9. The second-order valence-corrected chi connectivity index (χ2v) is 8.34. The zero-order valence-electron chi connectivity index (χ0n) is 16.6. The predicted octanol–water partition coefficient (Wildman–Crippen LogP) is 2.46. The number of amides is 1. The smallest absolute Gasteiger partial charge is 0.251 e. The molecule has 0 bridgehead atoms. The Hall–Kier alpha value is -2.74. The second kappa shape index (κ2) is 9.45. The molecular formula is C20H26N2O5S. The van der Waals surface area contributed by atoms with E-state index in [-0.39, 0.29) is 5.91 Å². The zero-order chi connectivity index (χ0) is 20.7. The molecule has 0 heterocycles. The number of sulfonamides is 1. The van der Waals surface area contributed by atoms with Gasteiger partial charge >= 0.3 is 0 Å². The molecule has 0 spiro atoms. The first kappa shape index (κ1) is 21.6. The molecule has 0 aliphatic heterocycles. The lowest BCUT2D eigenvalue weighted by Crippen LogP contribution is -2.26. The molecule has 1 N–H and O–H groups in total. The third-order valence-corrected chi connectivity index (χ3v) is 5.57. The van der Waals surface area contributed by atoms with Crippen LogP contribution in [-0.2, 0) is 16.4 Å². The first-order chi connectivity index (χ1) is 13.3. The highest BCUT2D eigenvalue weighted by Gasteiger charge is 2.13. The van der Waals surface area contributed by atoms with E-state index in [1.54, 1.807) is 38.5 Å². The summed E-state index contributed by atoms with van der Waals surface area (Å²) >= 11 is 0. The van der Waals surface area contributed by atoms with Crippen LogP contribution in [0.5, 0.6) is 11.5 Å². The van der Waals surface area contributed by atoms with Crippen LogP contribution in [0.1, 0.15) is 22.3 Å². The zero-order valence-corrected chi connectivity index (χ0v) is 17.4. The first-order valence-corrected chi connectivity index (χ1v) is 10.6. The third kappa shape index (κ3) is 5.63. The number of aryl methyl sites for hydroxylation is 1. The van der Waals surface area contributed by atoms with Gasteiger partial charge in [-0.3, -0.25) is 9.10 Å². The summed E-state index contributed by atoms with van der Waals surface area (Å²) in [5.74, 6) is 1.17. The molecule has 7 nitrogen and oxygen atoms in total. The maximum Gasteiger partial charge on any atom is 0.251 e. The minimum atomic E-state index is -3.33. The molecule has 0 radical (unpaired) electrons. The quantitative estimate of drug-likeness (QED) is 0.647. The second-order valence-electron chi connectivity index (χ2n) is 6.33. The summed E-state index contributed by atoms with van der Waals surface area (Å²) < 4.78 is 34.8. The lowest BCUT2D eigenvalue weighted by atomic mass is 10.1. The van der Waals surface area contributed by atoms with Crippen molar-refractivity contribution in [3.63, 3.8) is 0 Å². The van der Waals surface area contributed by atoms with Crippen LogP contribution in [0.25, 0.3) is 0 Å². The highest BCUT2D eigenvalue weighted by Crippen LogP contribution is 2.27. The van der Waals surface area contributed by atoms with Crippen LogP contribution in [-0.4, -0.2) is 48.4 Å². The number of ether oxygens (including phenoxy) is 2. The molecule has 8 heteroatoms. The molecule has 0 unspecified atom stereocenters. The van der Waals surface area contributed by atoms with E-state index in [1.165, 1.54) is 7.05 Å². The molecular weight excluding hydrogens is 380 g/mol. The summed E-state index contributed by atoms with van der Waals surface area (Å²) in [4.78, 5) is 12.2. The standard InChI is InChI=1S/C20H26N2O5S/c1-22(28(4,24)25)17-10-8-16(9-11-17)20(23)21-13-5-6-15-7-12-18(26-2)19(14-15)27-3/h7-12,14H,5-6,13H2,1-4H3,(H,21,23). The molecule has 0 atom stereocenters. The molecule has 0 aromatic heterocycles. The highest BCUT2D eigenvalue weighted by atomic mass is 32.2. The Bertz CT molecular complexity index is 911. The Balaban J connectivity index is 1.86.